The van der Waals surface area contributed by atoms with E-state index in [-0.39, 0.29) is 17.9 Å². The Labute approximate surface area is 131 Å². The number of hydrogen-bond donors (Lipinski definition) is 2. The molecule has 0 bridgehead atoms. The molecule has 1 aromatic rings. The van der Waals surface area contributed by atoms with Gasteiger partial charge in [-0.25, -0.2) is 0 Å². The van der Waals surface area contributed by atoms with Crippen molar-refractivity contribution in [1.29, 1.82) is 0 Å². The lowest BCUT2D eigenvalue weighted by Gasteiger charge is -2.32. The summed E-state index contributed by atoms with van der Waals surface area (Å²) in [6, 6.07) is 8.21. The molecule has 5 nitrogen and oxygen atoms in total. The fraction of sp³-hybridized carbons (Fsp3) is 0.529. The highest BCUT2D eigenvalue weighted by Gasteiger charge is 2.30. The Morgan fingerprint density at radius 3 is 2.64 bits per heavy atom. The van der Waals surface area contributed by atoms with Gasteiger partial charge in [0.05, 0.1) is 0 Å². The first-order valence-corrected chi connectivity index (χ1v) is 8.02. The SMILES string of the molecule is CN(c1cccc(C2CCNCC2)c1)C1CCC(=O)NC1=O. The van der Waals surface area contributed by atoms with Crippen LogP contribution in [-0.4, -0.2) is 38.0 Å². The minimum atomic E-state index is -0.263. The van der Waals surface area contributed by atoms with Crippen molar-refractivity contribution in [3.05, 3.63) is 29.8 Å². The molecular formula is C17H23N3O2. The lowest BCUT2D eigenvalue weighted by molar-refractivity contribution is -0.134. The first kappa shape index (κ1) is 15.0. The number of benzene rings is 1. The summed E-state index contributed by atoms with van der Waals surface area (Å²) in [5.41, 5.74) is 2.39. The summed E-state index contributed by atoms with van der Waals surface area (Å²) in [7, 11) is 1.93. The molecule has 2 N–H and O–H groups in total. The fourth-order valence-electron chi connectivity index (χ4n) is 3.38. The van der Waals surface area contributed by atoms with E-state index < -0.39 is 0 Å². The number of anilines is 1. The second-order valence-electron chi connectivity index (χ2n) is 6.20. The van der Waals surface area contributed by atoms with Crippen LogP contribution >= 0.6 is 0 Å². The Morgan fingerprint density at radius 2 is 1.91 bits per heavy atom. The topological polar surface area (TPSA) is 61.4 Å². The van der Waals surface area contributed by atoms with Crippen molar-refractivity contribution in [3.63, 3.8) is 0 Å². The number of nitrogens with zero attached hydrogens (tertiary/aromatic N) is 1. The van der Waals surface area contributed by atoms with E-state index in [0.717, 1.165) is 31.6 Å². The average molecular weight is 301 g/mol. The zero-order chi connectivity index (χ0) is 15.5. The van der Waals surface area contributed by atoms with Gasteiger partial charge in [0.15, 0.2) is 0 Å². The molecular weight excluding hydrogens is 278 g/mol. The Morgan fingerprint density at radius 1 is 1.14 bits per heavy atom. The summed E-state index contributed by atoms with van der Waals surface area (Å²) in [5, 5.41) is 5.82. The molecule has 2 saturated heterocycles. The number of likely N-dealkylation sites (N-methyl/N-ethyl adjacent to an activating group) is 1. The number of carbonyl (C=O) groups excluding carboxylic acids is 2. The van der Waals surface area contributed by atoms with Crippen molar-refractivity contribution in [2.24, 2.45) is 0 Å². The van der Waals surface area contributed by atoms with Crippen LogP contribution < -0.4 is 15.5 Å². The average Bonchev–Trinajstić information content (AvgIpc) is 2.55. The Kier molecular flexibility index (Phi) is 4.43. The summed E-state index contributed by atoms with van der Waals surface area (Å²) < 4.78 is 0. The maximum absolute atomic E-state index is 12.0. The summed E-state index contributed by atoms with van der Waals surface area (Å²) in [6.07, 6.45) is 3.31. The molecule has 5 heteroatoms. The van der Waals surface area contributed by atoms with Crippen molar-refractivity contribution in [2.75, 3.05) is 25.0 Å². The molecule has 1 aromatic carbocycles. The van der Waals surface area contributed by atoms with Crippen LogP contribution in [0.5, 0.6) is 0 Å². The lowest BCUT2D eigenvalue weighted by Crippen LogP contribution is -2.51. The Balaban J connectivity index is 1.76. The predicted molar refractivity (Wildman–Crippen MR) is 85.9 cm³/mol. The van der Waals surface area contributed by atoms with Gasteiger partial charge in [0.2, 0.25) is 11.8 Å². The minimum absolute atomic E-state index is 0.168. The van der Waals surface area contributed by atoms with Gasteiger partial charge in [0.25, 0.3) is 0 Å². The molecule has 2 amide bonds. The number of carbonyl (C=O) groups is 2. The van der Waals surface area contributed by atoms with Crippen LogP contribution in [0.1, 0.15) is 37.2 Å². The standard InChI is InChI=1S/C17H23N3O2/c1-20(15-5-6-16(21)19-17(15)22)14-4-2-3-13(11-14)12-7-9-18-10-8-12/h2-4,11-12,15,18H,5-10H2,1H3,(H,19,21,22). The third kappa shape index (κ3) is 3.14. The first-order chi connectivity index (χ1) is 10.6. The Hall–Kier alpha value is -1.88. The molecule has 1 unspecified atom stereocenters. The molecule has 118 valence electrons. The van der Waals surface area contributed by atoms with Gasteiger partial charge in [-0.05, 0) is 56.0 Å². The molecule has 22 heavy (non-hydrogen) atoms. The van der Waals surface area contributed by atoms with Gasteiger partial charge in [0.1, 0.15) is 6.04 Å². The van der Waals surface area contributed by atoms with Gasteiger partial charge in [-0.15, -0.1) is 0 Å². The number of piperidine rings is 2. The third-order valence-corrected chi connectivity index (χ3v) is 4.77. The van der Waals surface area contributed by atoms with E-state index in [1.165, 1.54) is 5.56 Å². The minimum Gasteiger partial charge on any atom is -0.363 e. The van der Waals surface area contributed by atoms with E-state index in [9.17, 15) is 9.59 Å². The largest absolute Gasteiger partial charge is 0.363 e. The van der Waals surface area contributed by atoms with E-state index in [1.807, 2.05) is 18.0 Å². The van der Waals surface area contributed by atoms with Gasteiger partial charge >= 0.3 is 0 Å². The predicted octanol–water partition coefficient (Wildman–Crippen LogP) is 1.39. The third-order valence-electron chi connectivity index (χ3n) is 4.77. The van der Waals surface area contributed by atoms with Gasteiger partial charge < -0.3 is 10.2 Å². The molecule has 2 aliphatic rings. The van der Waals surface area contributed by atoms with E-state index in [2.05, 4.69) is 28.8 Å². The normalized spacial score (nSPS) is 23.2. The van der Waals surface area contributed by atoms with E-state index in [4.69, 9.17) is 0 Å². The highest BCUT2D eigenvalue weighted by Crippen LogP contribution is 2.29. The molecule has 0 spiro atoms. The highest BCUT2D eigenvalue weighted by atomic mass is 16.2. The summed E-state index contributed by atoms with van der Waals surface area (Å²) in [4.78, 5) is 25.3. The second kappa shape index (κ2) is 6.48. The van der Waals surface area contributed by atoms with Crippen LogP contribution in [0.3, 0.4) is 0 Å². The molecule has 2 aliphatic heterocycles. The van der Waals surface area contributed by atoms with Crippen LogP contribution in [0, 0.1) is 0 Å². The van der Waals surface area contributed by atoms with E-state index >= 15 is 0 Å². The quantitative estimate of drug-likeness (QED) is 0.828. The zero-order valence-electron chi connectivity index (χ0n) is 13.0. The molecule has 0 aliphatic carbocycles. The number of nitrogens with one attached hydrogen (secondary N) is 2. The van der Waals surface area contributed by atoms with Crippen molar-refractivity contribution in [3.8, 4) is 0 Å². The van der Waals surface area contributed by atoms with Crippen LogP contribution in [0.2, 0.25) is 0 Å². The van der Waals surface area contributed by atoms with Crippen LogP contribution in [0.25, 0.3) is 0 Å². The maximum atomic E-state index is 12.0. The zero-order valence-corrected chi connectivity index (χ0v) is 13.0. The fourth-order valence-corrected chi connectivity index (χ4v) is 3.38. The molecule has 3 rings (SSSR count). The van der Waals surface area contributed by atoms with Crippen LogP contribution in [0.4, 0.5) is 5.69 Å². The molecule has 1 atom stereocenters. The molecule has 0 saturated carbocycles. The Bertz CT molecular complexity index is 567. The number of hydrogen-bond acceptors (Lipinski definition) is 4. The summed E-state index contributed by atoms with van der Waals surface area (Å²) >= 11 is 0. The van der Waals surface area contributed by atoms with Crippen molar-refractivity contribution in [2.45, 2.75) is 37.6 Å². The van der Waals surface area contributed by atoms with E-state index in [1.54, 1.807) is 0 Å². The van der Waals surface area contributed by atoms with E-state index in [0.29, 0.717) is 18.8 Å². The van der Waals surface area contributed by atoms with Crippen molar-refractivity contribution in [1.82, 2.24) is 10.6 Å². The van der Waals surface area contributed by atoms with Crippen LogP contribution in [-0.2, 0) is 9.59 Å². The lowest BCUT2D eigenvalue weighted by atomic mass is 9.90. The number of rotatable bonds is 3. The van der Waals surface area contributed by atoms with Crippen LogP contribution in [0.15, 0.2) is 24.3 Å². The van der Waals surface area contributed by atoms with Crippen molar-refractivity contribution < 1.29 is 9.59 Å². The molecule has 0 radical (unpaired) electrons. The van der Waals surface area contributed by atoms with Crippen molar-refractivity contribution >= 4 is 17.5 Å². The molecule has 2 fully saturated rings. The smallest absolute Gasteiger partial charge is 0.249 e. The number of imide groups is 1. The summed E-state index contributed by atoms with van der Waals surface area (Å²) in [6.45, 7) is 2.13. The monoisotopic (exact) mass is 301 g/mol. The first-order valence-electron chi connectivity index (χ1n) is 8.02. The van der Waals surface area contributed by atoms with Gasteiger partial charge in [0, 0.05) is 19.2 Å². The van der Waals surface area contributed by atoms with Gasteiger partial charge in [-0.1, -0.05) is 12.1 Å². The summed E-state index contributed by atoms with van der Waals surface area (Å²) in [5.74, 6) is 0.237. The van der Waals surface area contributed by atoms with Gasteiger partial charge in [-0.3, -0.25) is 14.9 Å². The maximum Gasteiger partial charge on any atom is 0.249 e. The number of amides is 2. The van der Waals surface area contributed by atoms with Gasteiger partial charge in [-0.2, -0.15) is 0 Å². The second-order valence-corrected chi connectivity index (χ2v) is 6.20. The molecule has 0 aromatic heterocycles. The molecule has 2 heterocycles. The highest BCUT2D eigenvalue weighted by molar-refractivity contribution is 6.01.